The number of nitrogens with zero attached hydrogens (tertiary/aromatic N) is 1. The van der Waals surface area contributed by atoms with Crippen molar-refractivity contribution in [3.05, 3.63) is 70.2 Å². The van der Waals surface area contributed by atoms with Crippen molar-refractivity contribution in [2.24, 2.45) is 5.92 Å². The smallest absolute Gasteiger partial charge is 0.246 e. The lowest BCUT2D eigenvalue weighted by molar-refractivity contribution is -0.132. The molecule has 0 radical (unpaired) electrons. The molecule has 0 spiro atoms. The number of carbonyl (C=O) groups is 2. The number of rotatable bonds is 4. The first-order valence-electron chi connectivity index (χ1n) is 10.3. The number of hydrogen-bond donors (Lipinski definition) is 1. The van der Waals surface area contributed by atoms with Crippen LogP contribution in [0.1, 0.15) is 36.4 Å². The second-order valence-corrected chi connectivity index (χ2v) is 8.64. The monoisotopic (exact) mass is 468 g/mol. The molecule has 1 N–H and O–H groups in total. The van der Waals surface area contributed by atoms with Gasteiger partial charge in [-0.1, -0.05) is 46.3 Å². The van der Waals surface area contributed by atoms with Crippen molar-refractivity contribution in [1.82, 2.24) is 10.2 Å². The average Bonchev–Trinajstić information content (AvgIpc) is 2.78. The molecule has 1 atom stereocenters. The summed E-state index contributed by atoms with van der Waals surface area (Å²) in [6.07, 6.45) is 5.59. The topological polar surface area (TPSA) is 58.6 Å². The van der Waals surface area contributed by atoms with Crippen LogP contribution in [0.25, 0.3) is 6.08 Å². The van der Waals surface area contributed by atoms with Crippen LogP contribution in [0.4, 0.5) is 0 Å². The molecule has 1 fully saturated rings. The summed E-state index contributed by atoms with van der Waals surface area (Å²) in [5.74, 6) is 0.839. The van der Waals surface area contributed by atoms with E-state index >= 15 is 0 Å². The highest BCUT2D eigenvalue weighted by molar-refractivity contribution is 9.10. The van der Waals surface area contributed by atoms with Crippen molar-refractivity contribution >= 4 is 33.8 Å². The fourth-order valence-corrected chi connectivity index (χ4v) is 4.38. The molecule has 2 aromatic rings. The Bertz CT molecular complexity index is 937. The first kappa shape index (κ1) is 20.7. The lowest BCUT2D eigenvalue weighted by Crippen LogP contribution is -2.43. The number of piperidine rings is 1. The Morgan fingerprint density at radius 1 is 1.07 bits per heavy atom. The van der Waals surface area contributed by atoms with Gasteiger partial charge >= 0.3 is 0 Å². The molecular formula is C24H25BrN2O3. The Balaban J connectivity index is 1.30. The first-order chi connectivity index (χ1) is 14.6. The van der Waals surface area contributed by atoms with Gasteiger partial charge in [0.15, 0.2) is 0 Å². The fourth-order valence-electron chi connectivity index (χ4n) is 4.00. The molecule has 2 aliphatic heterocycles. The van der Waals surface area contributed by atoms with Gasteiger partial charge in [0, 0.05) is 41.5 Å². The van der Waals surface area contributed by atoms with Gasteiger partial charge in [0.2, 0.25) is 11.8 Å². The van der Waals surface area contributed by atoms with Crippen LogP contribution < -0.4 is 10.1 Å². The van der Waals surface area contributed by atoms with Gasteiger partial charge in [-0.05, 0) is 42.7 Å². The Morgan fingerprint density at radius 2 is 1.83 bits per heavy atom. The van der Waals surface area contributed by atoms with E-state index in [9.17, 15) is 9.59 Å². The van der Waals surface area contributed by atoms with Gasteiger partial charge < -0.3 is 15.0 Å². The summed E-state index contributed by atoms with van der Waals surface area (Å²) < 4.78 is 6.68. The second-order valence-electron chi connectivity index (χ2n) is 7.72. The average molecular weight is 469 g/mol. The van der Waals surface area contributed by atoms with Gasteiger partial charge in [0.05, 0.1) is 12.6 Å². The van der Waals surface area contributed by atoms with E-state index in [1.165, 1.54) is 0 Å². The van der Waals surface area contributed by atoms with Gasteiger partial charge in [-0.15, -0.1) is 0 Å². The number of nitrogens with one attached hydrogen (secondary N) is 1. The molecule has 156 valence electrons. The Hall–Kier alpha value is -2.60. The molecule has 5 nitrogen and oxygen atoms in total. The minimum Gasteiger partial charge on any atom is -0.493 e. The highest BCUT2D eigenvalue weighted by Crippen LogP contribution is 2.34. The normalized spacial score (nSPS) is 19.2. The highest BCUT2D eigenvalue weighted by Gasteiger charge is 2.30. The number of hydrogen-bond acceptors (Lipinski definition) is 3. The summed E-state index contributed by atoms with van der Waals surface area (Å²) in [6, 6.07) is 15.6. The summed E-state index contributed by atoms with van der Waals surface area (Å²) in [5.41, 5.74) is 2.02. The molecule has 0 saturated carbocycles. The zero-order chi connectivity index (χ0) is 20.9. The number of likely N-dealkylation sites (tertiary alicyclic amines) is 1. The van der Waals surface area contributed by atoms with Crippen molar-refractivity contribution < 1.29 is 14.3 Å². The second kappa shape index (κ2) is 9.47. The number of fused-ring (bicyclic) bond motifs is 1. The molecule has 1 unspecified atom stereocenters. The van der Waals surface area contributed by atoms with E-state index in [0.717, 1.165) is 27.8 Å². The summed E-state index contributed by atoms with van der Waals surface area (Å²) in [4.78, 5) is 27.1. The van der Waals surface area contributed by atoms with Crippen LogP contribution in [0, 0.1) is 5.92 Å². The third-order valence-electron chi connectivity index (χ3n) is 5.72. The molecule has 30 heavy (non-hydrogen) atoms. The Kier molecular flexibility index (Phi) is 6.53. The van der Waals surface area contributed by atoms with Crippen LogP contribution in [0.3, 0.4) is 0 Å². The van der Waals surface area contributed by atoms with E-state index in [1.54, 1.807) is 6.08 Å². The quantitative estimate of drug-likeness (QED) is 0.678. The predicted octanol–water partition coefficient (Wildman–Crippen LogP) is 4.34. The zero-order valence-corrected chi connectivity index (χ0v) is 18.3. The summed E-state index contributed by atoms with van der Waals surface area (Å²) in [7, 11) is 0. The van der Waals surface area contributed by atoms with Crippen molar-refractivity contribution in [3.8, 4) is 5.75 Å². The number of carbonyl (C=O) groups excluding carboxylic acids is 2. The lowest BCUT2D eigenvalue weighted by atomic mass is 9.94. The molecule has 2 amide bonds. The van der Waals surface area contributed by atoms with Crippen LogP contribution in [0.15, 0.2) is 59.1 Å². The fraction of sp³-hybridized carbons (Fsp3) is 0.333. The van der Waals surface area contributed by atoms with E-state index in [1.807, 2.05) is 59.5 Å². The molecule has 0 bridgehead atoms. The van der Waals surface area contributed by atoms with Crippen LogP contribution in [-0.4, -0.2) is 36.4 Å². The SMILES string of the molecule is O=C(NC1CCOc2ccc(Br)cc21)C1CCN(C(=O)/C=C/c2ccccc2)CC1. The minimum atomic E-state index is -0.0643. The standard InChI is InChI=1S/C24H25BrN2O3/c25-19-7-8-22-20(16-19)21(12-15-30-22)26-24(29)18-10-13-27(14-11-18)23(28)9-6-17-4-2-1-3-5-17/h1-9,16,18,21H,10-15H2,(H,26,29)/b9-6+. The van der Waals surface area contributed by atoms with Crippen LogP contribution in [0.2, 0.25) is 0 Å². The van der Waals surface area contributed by atoms with Crippen LogP contribution in [-0.2, 0) is 9.59 Å². The molecule has 0 aliphatic carbocycles. The van der Waals surface area contributed by atoms with Gasteiger partial charge in [-0.3, -0.25) is 9.59 Å². The number of benzene rings is 2. The van der Waals surface area contributed by atoms with E-state index in [0.29, 0.717) is 32.5 Å². The third kappa shape index (κ3) is 4.93. The van der Waals surface area contributed by atoms with Gasteiger partial charge in [0.1, 0.15) is 5.75 Å². The molecule has 6 heteroatoms. The molecule has 2 aliphatic rings. The van der Waals surface area contributed by atoms with Crippen molar-refractivity contribution in [3.63, 3.8) is 0 Å². The molecule has 0 aromatic heterocycles. The van der Waals surface area contributed by atoms with E-state index in [4.69, 9.17) is 4.74 Å². The maximum absolute atomic E-state index is 12.9. The highest BCUT2D eigenvalue weighted by atomic mass is 79.9. The van der Waals surface area contributed by atoms with Gasteiger partial charge in [-0.2, -0.15) is 0 Å². The van der Waals surface area contributed by atoms with E-state index in [-0.39, 0.29) is 23.8 Å². The van der Waals surface area contributed by atoms with Crippen LogP contribution >= 0.6 is 15.9 Å². The van der Waals surface area contributed by atoms with E-state index < -0.39 is 0 Å². The molecule has 2 aromatic carbocycles. The number of halogens is 1. The first-order valence-corrected chi connectivity index (χ1v) is 11.1. The Morgan fingerprint density at radius 3 is 2.60 bits per heavy atom. The zero-order valence-electron chi connectivity index (χ0n) is 16.7. The van der Waals surface area contributed by atoms with Crippen molar-refractivity contribution in [1.29, 1.82) is 0 Å². The maximum atomic E-state index is 12.9. The maximum Gasteiger partial charge on any atom is 0.246 e. The summed E-state index contributed by atoms with van der Waals surface area (Å²) >= 11 is 3.50. The van der Waals surface area contributed by atoms with Crippen molar-refractivity contribution in [2.45, 2.75) is 25.3 Å². The molecule has 1 saturated heterocycles. The number of amides is 2. The molecular weight excluding hydrogens is 444 g/mol. The lowest BCUT2D eigenvalue weighted by Gasteiger charge is -2.33. The van der Waals surface area contributed by atoms with Gasteiger partial charge in [-0.25, -0.2) is 0 Å². The van der Waals surface area contributed by atoms with Crippen molar-refractivity contribution in [2.75, 3.05) is 19.7 Å². The summed E-state index contributed by atoms with van der Waals surface area (Å²) in [5, 5.41) is 3.21. The largest absolute Gasteiger partial charge is 0.493 e. The van der Waals surface area contributed by atoms with Crippen LogP contribution in [0.5, 0.6) is 5.75 Å². The Labute approximate surface area is 185 Å². The third-order valence-corrected chi connectivity index (χ3v) is 6.22. The number of ether oxygens (including phenoxy) is 1. The minimum absolute atomic E-state index is 0.000850. The predicted molar refractivity (Wildman–Crippen MR) is 120 cm³/mol. The molecule has 4 rings (SSSR count). The summed E-state index contributed by atoms with van der Waals surface area (Å²) in [6.45, 7) is 1.80. The molecule has 2 heterocycles. The van der Waals surface area contributed by atoms with E-state index in [2.05, 4.69) is 21.2 Å². The van der Waals surface area contributed by atoms with Gasteiger partial charge in [0.25, 0.3) is 0 Å².